The molecule has 0 aliphatic heterocycles. The number of ether oxygens (including phenoxy) is 1. The van der Waals surface area contributed by atoms with E-state index in [2.05, 4.69) is 10.3 Å². The third-order valence-corrected chi connectivity index (χ3v) is 3.82. The normalized spacial score (nSPS) is 10.5. The van der Waals surface area contributed by atoms with E-state index >= 15 is 0 Å². The Labute approximate surface area is 162 Å². The van der Waals surface area contributed by atoms with Crippen LogP contribution in [0.3, 0.4) is 0 Å². The van der Waals surface area contributed by atoms with E-state index < -0.39 is 33.1 Å². The van der Waals surface area contributed by atoms with Gasteiger partial charge >= 0.3 is 5.97 Å². The van der Waals surface area contributed by atoms with Crippen LogP contribution in [0.4, 0.5) is 17.2 Å². The standard InChI is InChI=1S/C17H13N5O7/c1-2-29-17(24)14-15(20-6-4-3-5-13(20)18-14)19-16(23)10-7-11(21(25)26)9-12(8-10)22(27)28/h3-9H,2H2,1H3,(H,19,23). The molecule has 0 radical (unpaired) electrons. The summed E-state index contributed by atoms with van der Waals surface area (Å²) in [6.07, 6.45) is 1.54. The Balaban J connectivity index is 2.06. The van der Waals surface area contributed by atoms with Crippen LogP contribution in [0.15, 0.2) is 42.6 Å². The van der Waals surface area contributed by atoms with Gasteiger partial charge in [-0.25, -0.2) is 9.78 Å². The minimum Gasteiger partial charge on any atom is -0.461 e. The highest BCUT2D eigenvalue weighted by Crippen LogP contribution is 2.25. The number of nitro groups is 2. The molecule has 12 nitrogen and oxygen atoms in total. The fourth-order valence-corrected chi connectivity index (χ4v) is 2.57. The molecule has 0 unspecified atom stereocenters. The topological polar surface area (TPSA) is 159 Å². The second kappa shape index (κ2) is 7.72. The van der Waals surface area contributed by atoms with Gasteiger partial charge in [0.05, 0.1) is 28.1 Å². The molecule has 0 aliphatic carbocycles. The molecule has 3 aromatic rings. The number of nitrogens with zero attached hydrogens (tertiary/aromatic N) is 4. The largest absolute Gasteiger partial charge is 0.461 e. The fraction of sp³-hybridized carbons (Fsp3) is 0.118. The van der Waals surface area contributed by atoms with Crippen molar-refractivity contribution < 1.29 is 24.2 Å². The van der Waals surface area contributed by atoms with Crippen LogP contribution < -0.4 is 5.32 Å². The van der Waals surface area contributed by atoms with E-state index in [-0.39, 0.29) is 23.7 Å². The summed E-state index contributed by atoms with van der Waals surface area (Å²) in [6.45, 7) is 1.69. The number of non-ortho nitro benzene ring substituents is 2. The number of imidazole rings is 1. The number of esters is 1. The van der Waals surface area contributed by atoms with Gasteiger partial charge in [-0.3, -0.25) is 29.4 Å². The van der Waals surface area contributed by atoms with E-state index in [0.717, 1.165) is 18.2 Å². The van der Waals surface area contributed by atoms with Crippen molar-refractivity contribution in [1.29, 1.82) is 0 Å². The van der Waals surface area contributed by atoms with Crippen LogP contribution in [0.2, 0.25) is 0 Å². The molecule has 0 fully saturated rings. The molecule has 0 saturated heterocycles. The Bertz CT molecular complexity index is 1120. The zero-order valence-corrected chi connectivity index (χ0v) is 14.9. The predicted octanol–water partition coefficient (Wildman–Crippen LogP) is 2.58. The number of aromatic nitrogens is 2. The average molecular weight is 399 g/mol. The second-order valence-corrected chi connectivity index (χ2v) is 5.66. The Morgan fingerprint density at radius 3 is 2.38 bits per heavy atom. The Morgan fingerprint density at radius 2 is 1.79 bits per heavy atom. The van der Waals surface area contributed by atoms with E-state index in [1.54, 1.807) is 25.1 Å². The Kier molecular flexibility index (Phi) is 5.17. The summed E-state index contributed by atoms with van der Waals surface area (Å²) >= 11 is 0. The lowest BCUT2D eigenvalue weighted by molar-refractivity contribution is -0.394. The second-order valence-electron chi connectivity index (χ2n) is 5.66. The minimum absolute atomic E-state index is 0.0294. The molecule has 0 spiro atoms. The molecule has 1 amide bonds. The summed E-state index contributed by atoms with van der Waals surface area (Å²) in [5.74, 6) is -1.71. The van der Waals surface area contributed by atoms with Crippen molar-refractivity contribution in [2.24, 2.45) is 0 Å². The van der Waals surface area contributed by atoms with Gasteiger partial charge in [-0.1, -0.05) is 6.07 Å². The molecule has 1 N–H and O–H groups in total. The van der Waals surface area contributed by atoms with E-state index in [1.807, 2.05) is 0 Å². The van der Waals surface area contributed by atoms with Crippen molar-refractivity contribution in [2.45, 2.75) is 6.92 Å². The highest BCUT2D eigenvalue weighted by molar-refractivity contribution is 6.08. The van der Waals surface area contributed by atoms with Gasteiger partial charge in [-0.05, 0) is 19.1 Å². The van der Waals surface area contributed by atoms with Crippen molar-refractivity contribution in [3.8, 4) is 0 Å². The molecule has 148 valence electrons. The molecule has 0 aliphatic rings. The number of carbonyl (C=O) groups is 2. The Morgan fingerprint density at radius 1 is 1.14 bits per heavy atom. The van der Waals surface area contributed by atoms with Crippen molar-refractivity contribution in [3.63, 3.8) is 0 Å². The average Bonchev–Trinajstić information content (AvgIpc) is 3.06. The van der Waals surface area contributed by atoms with Gasteiger partial charge in [0.15, 0.2) is 11.5 Å². The van der Waals surface area contributed by atoms with Gasteiger partial charge < -0.3 is 10.1 Å². The van der Waals surface area contributed by atoms with Gasteiger partial charge in [-0.2, -0.15) is 0 Å². The number of pyridine rings is 1. The Hall–Kier alpha value is -4.35. The number of anilines is 1. The molecular formula is C17H13N5O7. The molecule has 2 aromatic heterocycles. The van der Waals surface area contributed by atoms with Gasteiger partial charge in [0.1, 0.15) is 5.65 Å². The van der Waals surface area contributed by atoms with Gasteiger partial charge in [0.25, 0.3) is 17.3 Å². The van der Waals surface area contributed by atoms with Crippen molar-refractivity contribution in [1.82, 2.24) is 9.38 Å². The summed E-state index contributed by atoms with van der Waals surface area (Å²) in [4.78, 5) is 49.4. The number of nitro benzene ring substituents is 2. The van der Waals surface area contributed by atoms with Gasteiger partial charge in [-0.15, -0.1) is 0 Å². The first-order valence-corrected chi connectivity index (χ1v) is 8.21. The minimum atomic E-state index is -0.895. The van der Waals surface area contributed by atoms with E-state index in [4.69, 9.17) is 4.74 Å². The molecule has 12 heteroatoms. The molecule has 0 atom stereocenters. The van der Waals surface area contributed by atoms with Crippen molar-refractivity contribution in [2.75, 3.05) is 11.9 Å². The van der Waals surface area contributed by atoms with Crippen LogP contribution in [-0.4, -0.2) is 37.7 Å². The number of hydrogen-bond donors (Lipinski definition) is 1. The number of fused-ring (bicyclic) bond motifs is 1. The van der Waals surface area contributed by atoms with Gasteiger partial charge in [0.2, 0.25) is 0 Å². The highest BCUT2D eigenvalue weighted by Gasteiger charge is 2.24. The molecule has 0 bridgehead atoms. The number of amides is 1. The number of rotatable bonds is 6. The highest BCUT2D eigenvalue weighted by atomic mass is 16.6. The molecule has 2 heterocycles. The van der Waals surface area contributed by atoms with E-state index in [1.165, 1.54) is 10.6 Å². The first kappa shape index (κ1) is 19.4. The van der Waals surface area contributed by atoms with Crippen LogP contribution in [-0.2, 0) is 4.74 Å². The fourth-order valence-electron chi connectivity index (χ4n) is 2.57. The smallest absolute Gasteiger partial charge is 0.360 e. The van der Waals surface area contributed by atoms with Crippen LogP contribution in [0, 0.1) is 20.2 Å². The first-order valence-electron chi connectivity index (χ1n) is 8.21. The summed E-state index contributed by atoms with van der Waals surface area (Å²) in [6, 6.07) is 7.45. The molecular weight excluding hydrogens is 386 g/mol. The maximum Gasteiger partial charge on any atom is 0.360 e. The maximum absolute atomic E-state index is 12.7. The summed E-state index contributed by atoms with van der Waals surface area (Å²) < 4.78 is 6.35. The molecule has 1 aromatic carbocycles. The third kappa shape index (κ3) is 3.85. The number of nitrogens with one attached hydrogen (secondary N) is 1. The van der Waals surface area contributed by atoms with Crippen molar-refractivity contribution >= 4 is 34.7 Å². The van der Waals surface area contributed by atoms with E-state index in [9.17, 15) is 29.8 Å². The van der Waals surface area contributed by atoms with Crippen LogP contribution in [0.25, 0.3) is 5.65 Å². The van der Waals surface area contributed by atoms with Gasteiger partial charge in [0, 0.05) is 18.3 Å². The lowest BCUT2D eigenvalue weighted by atomic mass is 10.1. The molecule has 0 saturated carbocycles. The SMILES string of the molecule is CCOC(=O)c1nc2ccccn2c1NC(=O)c1cc([N+](=O)[O-])cc([N+](=O)[O-])c1. The number of benzene rings is 1. The van der Waals surface area contributed by atoms with Crippen LogP contribution >= 0.6 is 0 Å². The third-order valence-electron chi connectivity index (χ3n) is 3.82. The lowest BCUT2D eigenvalue weighted by Crippen LogP contribution is -2.17. The zero-order valence-electron chi connectivity index (χ0n) is 14.9. The van der Waals surface area contributed by atoms with E-state index in [0.29, 0.717) is 5.65 Å². The lowest BCUT2D eigenvalue weighted by Gasteiger charge is -2.07. The van der Waals surface area contributed by atoms with Crippen LogP contribution in [0.1, 0.15) is 27.8 Å². The summed E-state index contributed by atoms with van der Waals surface area (Å²) in [5, 5.41) is 24.5. The number of hydrogen-bond acceptors (Lipinski definition) is 8. The monoisotopic (exact) mass is 399 g/mol. The predicted molar refractivity (Wildman–Crippen MR) is 98.9 cm³/mol. The maximum atomic E-state index is 12.7. The van der Waals surface area contributed by atoms with Crippen molar-refractivity contribution in [3.05, 3.63) is 74.1 Å². The first-order chi connectivity index (χ1) is 13.8. The molecule has 29 heavy (non-hydrogen) atoms. The number of carbonyl (C=O) groups excluding carboxylic acids is 2. The molecule has 3 rings (SSSR count). The summed E-state index contributed by atoms with van der Waals surface area (Å²) in [7, 11) is 0. The summed E-state index contributed by atoms with van der Waals surface area (Å²) in [5.41, 5.74) is -1.39. The zero-order chi connectivity index (χ0) is 21.1. The van der Waals surface area contributed by atoms with Crippen LogP contribution in [0.5, 0.6) is 0 Å². The quantitative estimate of drug-likeness (QED) is 0.376.